The van der Waals surface area contributed by atoms with Crippen molar-refractivity contribution < 1.29 is 8.78 Å². The topological polar surface area (TPSA) is 12.0 Å². The Morgan fingerprint density at radius 1 is 1.24 bits per heavy atom. The van der Waals surface area contributed by atoms with Gasteiger partial charge in [0.05, 0.1) is 0 Å². The molecular formula is C14H19F2N. The molecule has 1 heterocycles. The number of hydrogen-bond acceptors (Lipinski definition) is 1. The fraction of sp³-hybridized carbons (Fsp3) is 0.571. The molecule has 2 rings (SSSR count). The fourth-order valence-corrected chi connectivity index (χ4v) is 2.37. The van der Waals surface area contributed by atoms with Crippen molar-refractivity contribution in [3.63, 3.8) is 0 Å². The lowest BCUT2D eigenvalue weighted by atomic mass is 10.0. The van der Waals surface area contributed by atoms with Crippen LogP contribution in [0.15, 0.2) is 24.3 Å². The molecule has 3 heteroatoms. The van der Waals surface area contributed by atoms with Crippen LogP contribution in [0.2, 0.25) is 0 Å². The lowest BCUT2D eigenvalue weighted by Gasteiger charge is -2.12. The van der Waals surface area contributed by atoms with Crippen molar-refractivity contribution in [3.8, 4) is 0 Å². The molecule has 0 radical (unpaired) electrons. The van der Waals surface area contributed by atoms with Crippen LogP contribution in [-0.4, -0.2) is 18.5 Å². The summed E-state index contributed by atoms with van der Waals surface area (Å²) in [7, 11) is 0. The number of hydrogen-bond donors (Lipinski definition) is 1. The van der Waals surface area contributed by atoms with Crippen molar-refractivity contribution in [2.45, 2.75) is 44.6 Å². The van der Waals surface area contributed by atoms with Gasteiger partial charge in [-0.3, -0.25) is 0 Å². The van der Waals surface area contributed by atoms with E-state index in [1.54, 1.807) is 0 Å². The summed E-state index contributed by atoms with van der Waals surface area (Å²) in [6.07, 6.45) is 3.29. The first-order chi connectivity index (χ1) is 8.03. The summed E-state index contributed by atoms with van der Waals surface area (Å²) in [6.45, 7) is 2.06. The molecule has 94 valence electrons. The van der Waals surface area contributed by atoms with Crippen molar-refractivity contribution in [2.75, 3.05) is 6.54 Å². The van der Waals surface area contributed by atoms with E-state index >= 15 is 0 Å². The quantitative estimate of drug-likeness (QED) is 0.851. The Kier molecular flexibility index (Phi) is 3.77. The molecule has 1 saturated heterocycles. The Balaban J connectivity index is 1.93. The van der Waals surface area contributed by atoms with Crippen LogP contribution in [-0.2, 0) is 12.8 Å². The van der Waals surface area contributed by atoms with Gasteiger partial charge in [-0.2, -0.15) is 0 Å². The Hall–Kier alpha value is -0.960. The van der Waals surface area contributed by atoms with Crippen LogP contribution >= 0.6 is 0 Å². The van der Waals surface area contributed by atoms with Crippen LogP contribution < -0.4 is 5.32 Å². The lowest BCUT2D eigenvalue weighted by molar-refractivity contribution is 0.0226. The van der Waals surface area contributed by atoms with Crippen LogP contribution in [0, 0.1) is 0 Å². The van der Waals surface area contributed by atoms with Gasteiger partial charge in [0.2, 0.25) is 5.92 Å². The van der Waals surface area contributed by atoms with Gasteiger partial charge in [0, 0.05) is 12.5 Å². The largest absolute Gasteiger partial charge is 0.314 e. The summed E-state index contributed by atoms with van der Waals surface area (Å²) < 4.78 is 25.7. The van der Waals surface area contributed by atoms with Crippen molar-refractivity contribution >= 4 is 0 Å². The van der Waals surface area contributed by atoms with Gasteiger partial charge in [-0.1, -0.05) is 24.3 Å². The summed E-state index contributed by atoms with van der Waals surface area (Å²) in [5.41, 5.74) is 1.94. The average molecular weight is 239 g/mol. The van der Waals surface area contributed by atoms with Gasteiger partial charge < -0.3 is 5.32 Å². The zero-order valence-corrected chi connectivity index (χ0v) is 10.2. The molecule has 0 amide bonds. The summed E-state index contributed by atoms with van der Waals surface area (Å²) in [6, 6.07) is 8.15. The lowest BCUT2D eigenvalue weighted by Crippen LogP contribution is -2.23. The molecule has 1 nitrogen and oxygen atoms in total. The van der Waals surface area contributed by atoms with Crippen LogP contribution in [0.25, 0.3) is 0 Å². The molecule has 0 spiro atoms. The Labute approximate surface area is 101 Å². The highest BCUT2D eigenvalue weighted by Gasteiger charge is 2.21. The molecule has 1 atom stereocenters. The smallest absolute Gasteiger partial charge is 0.249 e. The van der Waals surface area contributed by atoms with Gasteiger partial charge in [0.25, 0.3) is 0 Å². The Bertz CT molecular complexity index is 347. The number of halogens is 2. The van der Waals surface area contributed by atoms with Crippen molar-refractivity contribution in [2.24, 2.45) is 0 Å². The van der Waals surface area contributed by atoms with Gasteiger partial charge in [0.1, 0.15) is 0 Å². The zero-order chi connectivity index (χ0) is 12.3. The molecule has 0 aromatic heterocycles. The maximum absolute atomic E-state index is 12.8. The monoisotopic (exact) mass is 239 g/mol. The Morgan fingerprint density at radius 3 is 2.41 bits per heavy atom. The molecule has 1 unspecified atom stereocenters. The number of rotatable bonds is 4. The van der Waals surface area contributed by atoms with Crippen molar-refractivity contribution in [1.82, 2.24) is 5.32 Å². The molecule has 0 aliphatic carbocycles. The highest BCUT2D eigenvalue weighted by Crippen LogP contribution is 2.20. The average Bonchev–Trinajstić information content (AvgIpc) is 2.71. The van der Waals surface area contributed by atoms with E-state index in [9.17, 15) is 8.78 Å². The maximum atomic E-state index is 12.8. The predicted octanol–water partition coefficient (Wildman–Crippen LogP) is 3.18. The van der Waals surface area contributed by atoms with E-state index in [1.807, 2.05) is 24.3 Å². The normalized spacial score (nSPS) is 20.8. The summed E-state index contributed by atoms with van der Waals surface area (Å²) >= 11 is 0. The molecule has 1 N–H and O–H groups in total. The minimum absolute atomic E-state index is 0.172. The predicted molar refractivity (Wildman–Crippen MR) is 65.5 cm³/mol. The van der Waals surface area contributed by atoms with Gasteiger partial charge >= 0.3 is 0 Å². The van der Waals surface area contributed by atoms with Crippen LogP contribution in [0.3, 0.4) is 0 Å². The third-order valence-electron chi connectivity index (χ3n) is 3.18. The molecule has 1 fully saturated rings. The van der Waals surface area contributed by atoms with E-state index in [1.165, 1.54) is 18.4 Å². The van der Waals surface area contributed by atoms with E-state index in [-0.39, 0.29) is 6.42 Å². The summed E-state index contributed by atoms with van der Waals surface area (Å²) in [5, 5.41) is 3.44. The molecule has 1 aliphatic heterocycles. The Morgan fingerprint density at radius 2 is 1.88 bits per heavy atom. The molecule has 0 bridgehead atoms. The highest BCUT2D eigenvalue weighted by atomic mass is 19.3. The third kappa shape index (κ3) is 4.08. The zero-order valence-electron chi connectivity index (χ0n) is 10.2. The van der Waals surface area contributed by atoms with Crippen molar-refractivity contribution in [1.29, 1.82) is 0 Å². The van der Waals surface area contributed by atoms with Gasteiger partial charge in [-0.25, -0.2) is 8.78 Å². The molecule has 17 heavy (non-hydrogen) atoms. The van der Waals surface area contributed by atoms with Gasteiger partial charge in [-0.05, 0) is 43.9 Å². The van der Waals surface area contributed by atoms with Crippen molar-refractivity contribution in [3.05, 3.63) is 35.4 Å². The van der Waals surface area contributed by atoms with E-state index < -0.39 is 5.92 Å². The second-order valence-electron chi connectivity index (χ2n) is 5.06. The summed E-state index contributed by atoms with van der Waals surface area (Å²) in [5.74, 6) is -2.62. The molecule has 0 saturated carbocycles. The molecular weight excluding hydrogens is 220 g/mol. The number of benzene rings is 1. The third-order valence-corrected chi connectivity index (χ3v) is 3.18. The van der Waals surface area contributed by atoms with E-state index in [2.05, 4.69) is 5.32 Å². The first kappa shape index (κ1) is 12.5. The standard InChI is InChI=1S/C14H19F2N/c1-14(15,16)10-12-6-4-11(5-7-12)9-13-3-2-8-17-13/h4-7,13,17H,2-3,8-10H2,1H3. The first-order valence-corrected chi connectivity index (χ1v) is 6.22. The highest BCUT2D eigenvalue weighted by molar-refractivity contribution is 5.24. The minimum Gasteiger partial charge on any atom is -0.314 e. The first-order valence-electron chi connectivity index (χ1n) is 6.22. The van der Waals surface area contributed by atoms with Crippen LogP contribution in [0.1, 0.15) is 30.9 Å². The fourth-order valence-electron chi connectivity index (χ4n) is 2.37. The van der Waals surface area contributed by atoms with Gasteiger partial charge in [-0.15, -0.1) is 0 Å². The SMILES string of the molecule is CC(F)(F)Cc1ccc(CC2CCCN2)cc1. The molecule has 1 aromatic carbocycles. The molecule has 1 aromatic rings. The summed E-state index contributed by atoms with van der Waals surface area (Å²) in [4.78, 5) is 0. The van der Waals surface area contributed by atoms with Gasteiger partial charge in [0.15, 0.2) is 0 Å². The minimum atomic E-state index is -2.62. The van der Waals surface area contributed by atoms with E-state index in [0.29, 0.717) is 11.6 Å². The number of alkyl halides is 2. The maximum Gasteiger partial charge on any atom is 0.249 e. The van der Waals surface area contributed by atoms with E-state index in [0.717, 1.165) is 19.9 Å². The second-order valence-corrected chi connectivity index (χ2v) is 5.06. The van der Waals surface area contributed by atoms with Crippen LogP contribution in [0.4, 0.5) is 8.78 Å². The number of nitrogens with one attached hydrogen (secondary N) is 1. The van der Waals surface area contributed by atoms with E-state index in [4.69, 9.17) is 0 Å². The second kappa shape index (κ2) is 5.13. The van der Waals surface area contributed by atoms with Crippen LogP contribution in [0.5, 0.6) is 0 Å². The molecule has 1 aliphatic rings.